The first-order valence-electron chi connectivity index (χ1n) is 8.26. The fraction of sp³-hybridized carbons (Fsp3) is 1.00. The summed E-state index contributed by atoms with van der Waals surface area (Å²) >= 11 is 0. The quantitative estimate of drug-likeness (QED) is 0.829. The predicted molar refractivity (Wildman–Crippen MR) is 80.5 cm³/mol. The van der Waals surface area contributed by atoms with Crippen molar-refractivity contribution in [3.63, 3.8) is 0 Å². The summed E-state index contributed by atoms with van der Waals surface area (Å²) in [7, 11) is 0. The van der Waals surface area contributed by atoms with Gasteiger partial charge >= 0.3 is 0 Å². The van der Waals surface area contributed by atoms with Gasteiger partial charge in [0.1, 0.15) is 0 Å². The molecule has 2 aliphatic heterocycles. The molecule has 2 fully saturated rings. The highest BCUT2D eigenvalue weighted by molar-refractivity contribution is 4.90. The molecule has 112 valence electrons. The van der Waals surface area contributed by atoms with Gasteiger partial charge in [-0.05, 0) is 32.1 Å². The summed E-state index contributed by atoms with van der Waals surface area (Å²) in [6.45, 7) is 12.7. The molecule has 0 aromatic rings. The highest BCUT2D eigenvalue weighted by Gasteiger charge is 2.33. The highest BCUT2D eigenvalue weighted by Crippen LogP contribution is 2.24. The maximum absolute atomic E-state index is 6.03. The number of nitrogens with one attached hydrogen (secondary N) is 1. The summed E-state index contributed by atoms with van der Waals surface area (Å²) in [5.74, 6) is 0.768. The Hall–Kier alpha value is -0.120. The average Bonchev–Trinajstić information content (AvgIpc) is 2.83. The van der Waals surface area contributed by atoms with E-state index < -0.39 is 0 Å². The molecule has 2 aliphatic rings. The van der Waals surface area contributed by atoms with Crippen LogP contribution in [-0.4, -0.2) is 48.8 Å². The van der Waals surface area contributed by atoms with E-state index in [1.54, 1.807) is 0 Å². The van der Waals surface area contributed by atoms with Gasteiger partial charge in [0.2, 0.25) is 0 Å². The van der Waals surface area contributed by atoms with Crippen LogP contribution in [-0.2, 0) is 4.74 Å². The van der Waals surface area contributed by atoms with Crippen LogP contribution in [0.5, 0.6) is 0 Å². The summed E-state index contributed by atoms with van der Waals surface area (Å²) < 4.78 is 6.03. The van der Waals surface area contributed by atoms with Gasteiger partial charge in [-0.1, -0.05) is 27.2 Å². The van der Waals surface area contributed by atoms with Crippen molar-refractivity contribution in [2.45, 2.75) is 77.7 Å². The summed E-state index contributed by atoms with van der Waals surface area (Å²) in [6, 6.07) is 1.35. The Bertz CT molecular complexity index is 271. The van der Waals surface area contributed by atoms with Crippen LogP contribution in [0.2, 0.25) is 0 Å². The molecule has 0 aliphatic carbocycles. The number of piperazine rings is 1. The molecule has 0 bridgehead atoms. The Labute approximate surface area is 119 Å². The maximum Gasteiger partial charge on any atom is 0.0706 e. The molecule has 0 amide bonds. The molecule has 3 heteroatoms. The maximum atomic E-state index is 6.03. The minimum atomic E-state index is 0.469. The molecule has 2 rings (SSSR count). The van der Waals surface area contributed by atoms with E-state index in [1.807, 2.05) is 0 Å². The summed E-state index contributed by atoms with van der Waals surface area (Å²) in [5.41, 5.74) is 0. The number of rotatable bonds is 5. The highest BCUT2D eigenvalue weighted by atomic mass is 16.5. The molecule has 5 atom stereocenters. The second-order valence-electron chi connectivity index (χ2n) is 6.57. The van der Waals surface area contributed by atoms with Crippen molar-refractivity contribution < 1.29 is 4.74 Å². The molecule has 2 heterocycles. The van der Waals surface area contributed by atoms with E-state index in [-0.39, 0.29) is 0 Å². The van der Waals surface area contributed by atoms with E-state index in [2.05, 4.69) is 37.9 Å². The van der Waals surface area contributed by atoms with E-state index in [0.717, 1.165) is 19.0 Å². The number of hydrogen-bond donors (Lipinski definition) is 1. The minimum absolute atomic E-state index is 0.469. The molecule has 1 N–H and O–H groups in total. The van der Waals surface area contributed by atoms with E-state index in [9.17, 15) is 0 Å². The van der Waals surface area contributed by atoms with Crippen molar-refractivity contribution in [1.82, 2.24) is 10.2 Å². The van der Waals surface area contributed by atoms with Gasteiger partial charge in [-0.15, -0.1) is 0 Å². The normalized spacial score (nSPS) is 38.5. The minimum Gasteiger partial charge on any atom is -0.374 e. The number of hydrogen-bond acceptors (Lipinski definition) is 3. The Kier molecular flexibility index (Phi) is 5.67. The lowest BCUT2D eigenvalue weighted by molar-refractivity contribution is 0.000755. The van der Waals surface area contributed by atoms with Gasteiger partial charge in [0.25, 0.3) is 0 Å². The topological polar surface area (TPSA) is 24.5 Å². The predicted octanol–water partition coefficient (Wildman–Crippen LogP) is 2.65. The second kappa shape index (κ2) is 7.05. The van der Waals surface area contributed by atoms with Gasteiger partial charge in [-0.25, -0.2) is 0 Å². The fourth-order valence-electron chi connectivity index (χ4n) is 3.50. The average molecular weight is 268 g/mol. The zero-order valence-electron chi connectivity index (χ0n) is 13.2. The van der Waals surface area contributed by atoms with Gasteiger partial charge in [0, 0.05) is 31.7 Å². The summed E-state index contributed by atoms with van der Waals surface area (Å²) in [5, 5.41) is 3.72. The molecule has 5 unspecified atom stereocenters. The molecule has 0 spiro atoms. The van der Waals surface area contributed by atoms with Crippen LogP contribution in [0.4, 0.5) is 0 Å². The number of ether oxygens (including phenoxy) is 1. The van der Waals surface area contributed by atoms with Crippen molar-refractivity contribution >= 4 is 0 Å². The first-order chi connectivity index (χ1) is 9.13. The summed E-state index contributed by atoms with van der Waals surface area (Å²) in [6.07, 6.45) is 5.92. The van der Waals surface area contributed by atoms with Crippen LogP contribution >= 0.6 is 0 Å². The monoisotopic (exact) mass is 268 g/mol. The van der Waals surface area contributed by atoms with Gasteiger partial charge < -0.3 is 10.1 Å². The van der Waals surface area contributed by atoms with Gasteiger partial charge in [-0.3, -0.25) is 4.90 Å². The van der Waals surface area contributed by atoms with Crippen molar-refractivity contribution in [3.05, 3.63) is 0 Å². The smallest absolute Gasteiger partial charge is 0.0706 e. The van der Waals surface area contributed by atoms with Crippen LogP contribution in [0.3, 0.4) is 0 Å². The van der Waals surface area contributed by atoms with E-state index >= 15 is 0 Å². The molecule has 3 nitrogen and oxygen atoms in total. The van der Waals surface area contributed by atoms with Gasteiger partial charge in [0.15, 0.2) is 0 Å². The molecular formula is C16H32N2O. The zero-order valence-corrected chi connectivity index (χ0v) is 13.2. The largest absolute Gasteiger partial charge is 0.374 e. The third-order valence-electron chi connectivity index (χ3n) is 5.09. The van der Waals surface area contributed by atoms with Crippen LogP contribution in [0.1, 0.15) is 53.4 Å². The van der Waals surface area contributed by atoms with Gasteiger partial charge in [-0.2, -0.15) is 0 Å². The Morgan fingerprint density at radius 1 is 1.32 bits per heavy atom. The van der Waals surface area contributed by atoms with Crippen LogP contribution in [0.25, 0.3) is 0 Å². The van der Waals surface area contributed by atoms with Crippen molar-refractivity contribution in [3.8, 4) is 0 Å². The lowest BCUT2D eigenvalue weighted by Crippen LogP contribution is -2.59. The molecular weight excluding hydrogens is 236 g/mol. The lowest BCUT2D eigenvalue weighted by atomic mass is 9.93. The molecule has 19 heavy (non-hydrogen) atoms. The fourth-order valence-corrected chi connectivity index (χ4v) is 3.50. The molecule has 0 radical (unpaired) electrons. The van der Waals surface area contributed by atoms with Gasteiger partial charge in [0.05, 0.1) is 12.2 Å². The van der Waals surface area contributed by atoms with Crippen LogP contribution < -0.4 is 5.32 Å². The Morgan fingerprint density at radius 3 is 2.68 bits per heavy atom. The third kappa shape index (κ3) is 3.93. The van der Waals surface area contributed by atoms with Crippen molar-refractivity contribution in [2.24, 2.45) is 5.92 Å². The van der Waals surface area contributed by atoms with E-state index in [1.165, 1.54) is 32.2 Å². The van der Waals surface area contributed by atoms with Crippen molar-refractivity contribution in [2.75, 3.05) is 19.6 Å². The second-order valence-corrected chi connectivity index (χ2v) is 6.57. The molecule has 0 aromatic carbocycles. The lowest BCUT2D eigenvalue weighted by Gasteiger charge is -2.43. The first kappa shape index (κ1) is 15.3. The third-order valence-corrected chi connectivity index (χ3v) is 5.09. The molecule has 2 saturated heterocycles. The SMILES string of the molecule is CCC1CN(CC2CCC(C)O2)C(C(C)CC)CN1. The summed E-state index contributed by atoms with van der Waals surface area (Å²) in [4.78, 5) is 2.71. The standard InChI is InChI=1S/C16H32N2O/c1-5-12(3)16-9-17-14(6-2)10-18(16)11-15-8-7-13(4)19-15/h12-17H,5-11H2,1-4H3. The first-order valence-corrected chi connectivity index (χ1v) is 8.26. The van der Waals surface area contributed by atoms with E-state index in [4.69, 9.17) is 4.74 Å². The van der Waals surface area contributed by atoms with Crippen molar-refractivity contribution in [1.29, 1.82) is 0 Å². The zero-order chi connectivity index (χ0) is 13.8. The van der Waals surface area contributed by atoms with E-state index in [0.29, 0.717) is 24.3 Å². The Morgan fingerprint density at radius 2 is 2.11 bits per heavy atom. The molecule has 0 saturated carbocycles. The number of nitrogens with zero attached hydrogens (tertiary/aromatic N) is 1. The molecule has 0 aromatic heterocycles. The van der Waals surface area contributed by atoms with Crippen LogP contribution in [0.15, 0.2) is 0 Å². The Balaban J connectivity index is 1.94. The van der Waals surface area contributed by atoms with Crippen LogP contribution in [0, 0.1) is 5.92 Å².